The van der Waals surface area contributed by atoms with E-state index in [4.69, 9.17) is 75.8 Å². The second-order valence-corrected chi connectivity index (χ2v) is 22.9. The Balaban J connectivity index is 0.784. The molecule has 40 nitrogen and oxygen atoms in total. The predicted molar refractivity (Wildman–Crippen MR) is 266 cm³/mol. The third-order valence-corrected chi connectivity index (χ3v) is 17.2. The van der Waals surface area contributed by atoms with Crippen LogP contribution in [0.3, 0.4) is 0 Å². The number of hydrogen-bond donors (Lipinski definition) is 24. The molecule has 9 saturated heterocycles. The number of rotatable bonds is 23. The minimum Gasteiger partial charge on any atom is -0.396 e. The number of aliphatic hydroxyl groups is 24. The third-order valence-electron chi connectivity index (χ3n) is 17.2. The van der Waals surface area contributed by atoms with Gasteiger partial charge in [-0.2, -0.15) is 0 Å². The maximum atomic E-state index is 11.6. The van der Waals surface area contributed by atoms with E-state index in [1.165, 1.54) is 0 Å². The van der Waals surface area contributed by atoms with Crippen LogP contribution in [0.15, 0.2) is 0 Å². The Morgan fingerprint density at radius 3 is 0.921 bits per heavy atom. The molecule has 0 bridgehead atoms. The van der Waals surface area contributed by atoms with Crippen LogP contribution in [0.2, 0.25) is 0 Å². The Morgan fingerprint density at radius 2 is 0.573 bits per heavy atom. The van der Waals surface area contributed by atoms with Gasteiger partial charge in [-0.25, -0.2) is 0 Å². The van der Waals surface area contributed by atoms with Crippen LogP contribution in [0, 0.1) is 0 Å². The van der Waals surface area contributed by atoms with Crippen LogP contribution in [0.25, 0.3) is 0 Å². The maximum Gasteiger partial charge on any atom is 0.187 e. The average Bonchev–Trinajstić information content (AvgIpc) is 1.87. The van der Waals surface area contributed by atoms with Gasteiger partial charge in [0.1, 0.15) is 189 Å². The molecule has 89 heavy (non-hydrogen) atoms. The molecule has 40 heteroatoms. The van der Waals surface area contributed by atoms with E-state index >= 15 is 0 Å². The Hall–Kier alpha value is -1.60. The van der Waals surface area contributed by atoms with E-state index in [-0.39, 0.29) is 0 Å². The highest BCUT2D eigenvalue weighted by atomic mass is 16.8. The molecule has 0 amide bonds. The van der Waals surface area contributed by atoms with Crippen molar-refractivity contribution in [2.75, 3.05) is 59.5 Å². The second kappa shape index (κ2) is 30.2. The summed E-state index contributed by atoms with van der Waals surface area (Å²) in [5.74, 6) is 0. The fourth-order valence-corrected chi connectivity index (χ4v) is 12.0. The Morgan fingerprint density at radius 1 is 0.281 bits per heavy atom. The molecule has 39 atom stereocenters. The van der Waals surface area contributed by atoms with E-state index < -0.39 is 305 Å². The van der Waals surface area contributed by atoms with Crippen molar-refractivity contribution in [3.05, 3.63) is 0 Å². The fourth-order valence-electron chi connectivity index (χ4n) is 12.0. The van der Waals surface area contributed by atoms with E-state index in [2.05, 4.69) is 0 Å². The van der Waals surface area contributed by atoms with Gasteiger partial charge in [0.15, 0.2) is 50.3 Å². The van der Waals surface area contributed by atoms with Crippen molar-refractivity contribution in [1.82, 2.24) is 0 Å². The van der Waals surface area contributed by atoms with Gasteiger partial charge >= 0.3 is 0 Å². The van der Waals surface area contributed by atoms with Crippen molar-refractivity contribution in [1.29, 1.82) is 0 Å². The van der Waals surface area contributed by atoms with Crippen molar-refractivity contribution >= 4 is 0 Å². The molecule has 39 unspecified atom stereocenters. The molecule has 0 aromatic carbocycles. The molecule has 0 aromatic heterocycles. The topological polar surface area (TPSA) is 637 Å². The van der Waals surface area contributed by atoms with Gasteiger partial charge in [0, 0.05) is 13.0 Å². The summed E-state index contributed by atoms with van der Waals surface area (Å²) in [6.45, 7) is -8.27. The predicted octanol–water partition coefficient (Wildman–Crippen LogP) is -17.0. The lowest BCUT2D eigenvalue weighted by atomic mass is 9.86. The molecule has 24 N–H and O–H groups in total. The highest BCUT2D eigenvalue weighted by molar-refractivity contribution is 5.04. The molecule has 0 aliphatic carbocycles. The number of aliphatic hydroxyl groups excluding tert-OH is 24. The normalized spacial score (nSPS) is 53.9. The van der Waals surface area contributed by atoms with Crippen molar-refractivity contribution in [2.24, 2.45) is 0 Å². The lowest BCUT2D eigenvalue weighted by molar-refractivity contribution is -0.402. The Kier molecular flexibility index (Phi) is 24.3. The van der Waals surface area contributed by atoms with Gasteiger partial charge in [-0.15, -0.1) is 0 Å². The zero-order valence-corrected chi connectivity index (χ0v) is 46.8. The van der Waals surface area contributed by atoms with Gasteiger partial charge < -0.3 is 198 Å². The minimum atomic E-state index is -2.26. The molecule has 0 spiro atoms. The molecule has 9 rings (SSSR count). The van der Waals surface area contributed by atoms with Gasteiger partial charge in [0.25, 0.3) is 0 Å². The molecule has 9 fully saturated rings. The zero-order valence-electron chi connectivity index (χ0n) is 46.8. The summed E-state index contributed by atoms with van der Waals surface area (Å²) in [5.41, 5.74) is -2.26. The Labute approximate surface area is 502 Å². The molecule has 9 aliphatic heterocycles. The third kappa shape index (κ3) is 14.3. The molecule has 0 radical (unpaired) electrons. The first-order chi connectivity index (χ1) is 42.3. The van der Waals surface area contributed by atoms with E-state index in [1.807, 2.05) is 0 Å². The van der Waals surface area contributed by atoms with E-state index in [1.54, 1.807) is 0 Å². The molecule has 0 saturated carbocycles. The van der Waals surface area contributed by atoms with E-state index in [0.29, 0.717) is 0 Å². The number of hydrogen-bond acceptors (Lipinski definition) is 40. The molecule has 0 aromatic rings. The van der Waals surface area contributed by atoms with Crippen molar-refractivity contribution in [3.8, 4) is 0 Å². The van der Waals surface area contributed by atoms with Gasteiger partial charge in [-0.3, -0.25) is 0 Å². The molecule has 9 heterocycles. The van der Waals surface area contributed by atoms with Gasteiger partial charge in [-0.05, 0) is 0 Å². The van der Waals surface area contributed by atoms with E-state index in [9.17, 15) is 123 Å². The SMILES string of the molecule is OCCC1(OC2OC(CO)C(OC3OC(CO)C(O)C(O)C3O)C(O)C2O)COC(OC2C(CO)OC(OC3C(CO)OC(OC4C(CO)OC(OC5C(CO)OC(OC6C(CO)OC7OC7C6O)C(O)C5O)C(O)C4O)C(O)C3O)C(O)C2O)C(O)C1O. The van der Waals surface area contributed by atoms with Gasteiger partial charge in [0.05, 0.1) is 52.9 Å². The molecular formula is C49H82O40. The van der Waals surface area contributed by atoms with Crippen LogP contribution < -0.4 is 0 Å². The van der Waals surface area contributed by atoms with Crippen LogP contribution in [-0.4, -0.2) is 421 Å². The summed E-state index contributed by atoms with van der Waals surface area (Å²) in [7, 11) is 0. The van der Waals surface area contributed by atoms with Crippen LogP contribution in [0.4, 0.5) is 0 Å². The first-order valence-electron chi connectivity index (χ1n) is 28.6. The Bertz CT molecular complexity index is 2180. The summed E-state index contributed by atoms with van der Waals surface area (Å²) in [6, 6.07) is 0. The summed E-state index contributed by atoms with van der Waals surface area (Å²) in [5, 5.41) is 258. The lowest BCUT2D eigenvalue weighted by Crippen LogP contribution is -2.69. The lowest BCUT2D eigenvalue weighted by Gasteiger charge is -2.51. The first-order valence-corrected chi connectivity index (χ1v) is 28.6. The summed E-state index contributed by atoms with van der Waals surface area (Å²) in [4.78, 5) is 0. The monoisotopic (exact) mass is 1310 g/mol. The van der Waals surface area contributed by atoms with Gasteiger partial charge in [-0.1, -0.05) is 0 Å². The number of fused-ring (bicyclic) bond motifs is 1. The fraction of sp³-hybridized carbons (Fsp3) is 1.00. The highest BCUT2D eigenvalue weighted by Gasteiger charge is 2.62. The zero-order chi connectivity index (χ0) is 64.8. The summed E-state index contributed by atoms with van der Waals surface area (Å²) in [6.07, 6.45) is -70.6. The molecular weight excluding hydrogens is 1230 g/mol. The van der Waals surface area contributed by atoms with Crippen molar-refractivity contribution < 1.29 is 198 Å². The number of epoxide rings is 1. The number of ether oxygens (including phenoxy) is 16. The minimum absolute atomic E-state index is 0.603. The smallest absolute Gasteiger partial charge is 0.187 e. The van der Waals surface area contributed by atoms with Crippen LogP contribution in [0.5, 0.6) is 0 Å². The van der Waals surface area contributed by atoms with Crippen LogP contribution in [-0.2, 0) is 75.8 Å². The average molecular weight is 1310 g/mol. The summed E-state index contributed by atoms with van der Waals surface area (Å²) >= 11 is 0. The first kappa shape index (κ1) is 71.7. The van der Waals surface area contributed by atoms with E-state index in [0.717, 1.165) is 0 Å². The van der Waals surface area contributed by atoms with Crippen molar-refractivity contribution in [3.63, 3.8) is 0 Å². The van der Waals surface area contributed by atoms with Crippen LogP contribution >= 0.6 is 0 Å². The molecule has 518 valence electrons. The summed E-state index contributed by atoms with van der Waals surface area (Å²) < 4.78 is 89.9. The largest absolute Gasteiger partial charge is 0.396 e. The quantitative estimate of drug-likeness (QED) is 0.0422. The maximum absolute atomic E-state index is 11.6. The van der Waals surface area contributed by atoms with Gasteiger partial charge in [0.2, 0.25) is 0 Å². The molecule has 9 aliphatic rings. The second-order valence-electron chi connectivity index (χ2n) is 22.9. The van der Waals surface area contributed by atoms with Crippen LogP contribution in [0.1, 0.15) is 6.42 Å². The highest BCUT2D eigenvalue weighted by Crippen LogP contribution is 2.42. The van der Waals surface area contributed by atoms with Crippen molar-refractivity contribution in [2.45, 2.75) is 245 Å². The standard InChI is InChI=1S/C49H82O40/c50-2-1-49(89-47-30(70)24(64)37(16(8-56)80-47)83-42-25(65)19(59)18(58)11(3-51)75-42)10-74-41(32(72)40(49)73)82-33-12(4-52)76-43(26(66)20(33)60)84-34-13(5-53)77-44(27(67)21(34)61)85-35-14(6-54)78-45(28(68)22(35)62)86-36-15(7-55)79-46(29(69)23(36)63)87-38-17(9-57)81-48-39(88-48)31(38)71/h11-48,50-73H,1-10H2.